The van der Waals surface area contributed by atoms with Crippen molar-refractivity contribution in [1.29, 1.82) is 0 Å². The number of ether oxygens (including phenoxy) is 2. The van der Waals surface area contributed by atoms with E-state index in [9.17, 15) is 4.79 Å². The van der Waals surface area contributed by atoms with Crippen molar-refractivity contribution >= 4 is 23.3 Å². The Bertz CT molecular complexity index is 1210. The first-order chi connectivity index (χ1) is 16.1. The van der Waals surface area contributed by atoms with Gasteiger partial charge in [-0.1, -0.05) is 23.7 Å². The van der Waals surface area contributed by atoms with Crippen LogP contribution in [0.4, 0.5) is 5.95 Å². The summed E-state index contributed by atoms with van der Waals surface area (Å²) in [7, 11) is 3.23. The van der Waals surface area contributed by atoms with Crippen LogP contribution in [0.5, 0.6) is 11.5 Å². The topological polar surface area (TPSA) is 73.3 Å². The Morgan fingerprint density at radius 2 is 1.94 bits per heavy atom. The first-order valence-electron chi connectivity index (χ1n) is 11.2. The molecule has 2 unspecified atom stereocenters. The van der Waals surface area contributed by atoms with Crippen LogP contribution in [-0.4, -0.2) is 30.0 Å². The highest BCUT2D eigenvalue weighted by Gasteiger charge is 2.37. The standard InChI is InChI=1S/C26H26ClN3O3/c1-32-23-8-3-15(9-24(23)33-2)13-28-26-29-14-17-11-19(31)10-16-4-6-20(16)22-12-18(27)5-7-21(22)25(17)30-26/h3,5,7-9,12,14,16,20H,4,6,10-11,13H2,1-2H3,(H,28,29,30). The fourth-order valence-electron chi connectivity index (χ4n) is 4.88. The van der Waals surface area contributed by atoms with Gasteiger partial charge in [0.1, 0.15) is 5.78 Å². The van der Waals surface area contributed by atoms with Gasteiger partial charge in [-0.25, -0.2) is 9.97 Å². The predicted molar refractivity (Wildman–Crippen MR) is 128 cm³/mol. The van der Waals surface area contributed by atoms with E-state index in [0.29, 0.717) is 53.7 Å². The number of nitrogens with zero attached hydrogens (tertiary/aromatic N) is 2. The Labute approximate surface area is 198 Å². The summed E-state index contributed by atoms with van der Waals surface area (Å²) in [6, 6.07) is 11.8. The molecule has 0 saturated heterocycles. The van der Waals surface area contributed by atoms with E-state index in [1.54, 1.807) is 20.4 Å². The maximum absolute atomic E-state index is 12.7. The Morgan fingerprint density at radius 3 is 2.70 bits per heavy atom. The van der Waals surface area contributed by atoms with Crippen molar-refractivity contribution in [3.63, 3.8) is 0 Å². The second-order valence-corrected chi connectivity index (χ2v) is 9.14. The fraction of sp³-hybridized carbons (Fsp3) is 0.346. The molecule has 6 nitrogen and oxygen atoms in total. The number of Topliss-reactive ketones (excluding diaryl/α,β-unsaturated/α-hetero) is 1. The molecular formula is C26H26ClN3O3. The lowest BCUT2D eigenvalue weighted by Gasteiger charge is -2.37. The first kappa shape index (κ1) is 21.7. The Balaban J connectivity index is 1.48. The maximum Gasteiger partial charge on any atom is 0.223 e. The minimum Gasteiger partial charge on any atom is -0.493 e. The molecule has 5 rings (SSSR count). The summed E-state index contributed by atoms with van der Waals surface area (Å²) in [6.45, 7) is 0.524. The minimum atomic E-state index is 0.250. The zero-order valence-electron chi connectivity index (χ0n) is 18.7. The number of anilines is 1. The fourth-order valence-corrected chi connectivity index (χ4v) is 5.06. The van der Waals surface area contributed by atoms with E-state index < -0.39 is 0 Å². The largest absolute Gasteiger partial charge is 0.493 e. The number of methoxy groups -OCH3 is 2. The number of hydrogen-bond acceptors (Lipinski definition) is 6. The molecule has 0 spiro atoms. The Hall–Kier alpha value is -3.12. The summed E-state index contributed by atoms with van der Waals surface area (Å²) >= 11 is 6.37. The van der Waals surface area contributed by atoms with Crippen LogP contribution in [0.1, 0.15) is 41.9 Å². The van der Waals surface area contributed by atoms with E-state index in [1.807, 2.05) is 36.4 Å². The van der Waals surface area contributed by atoms with Crippen molar-refractivity contribution in [2.24, 2.45) is 5.92 Å². The quantitative estimate of drug-likeness (QED) is 0.543. The number of nitrogens with one attached hydrogen (secondary N) is 1. The van der Waals surface area contributed by atoms with Crippen molar-refractivity contribution in [3.05, 3.63) is 64.3 Å². The van der Waals surface area contributed by atoms with Crippen LogP contribution >= 0.6 is 11.6 Å². The molecule has 0 amide bonds. The van der Waals surface area contributed by atoms with Gasteiger partial charge in [0.2, 0.25) is 5.95 Å². The molecule has 7 heteroatoms. The van der Waals surface area contributed by atoms with E-state index in [1.165, 1.54) is 5.56 Å². The lowest BCUT2D eigenvalue weighted by atomic mass is 9.67. The molecule has 3 aromatic rings. The lowest BCUT2D eigenvalue weighted by Crippen LogP contribution is -2.26. The molecule has 2 aliphatic carbocycles. The van der Waals surface area contributed by atoms with Gasteiger partial charge in [-0.2, -0.15) is 0 Å². The van der Waals surface area contributed by atoms with Crippen LogP contribution in [0.3, 0.4) is 0 Å². The summed E-state index contributed by atoms with van der Waals surface area (Å²) in [5, 5.41) is 4.02. The van der Waals surface area contributed by atoms with Crippen LogP contribution in [0, 0.1) is 5.92 Å². The van der Waals surface area contributed by atoms with Crippen molar-refractivity contribution < 1.29 is 14.3 Å². The highest BCUT2D eigenvalue weighted by Crippen LogP contribution is 2.49. The second-order valence-electron chi connectivity index (χ2n) is 8.71. The third-order valence-electron chi connectivity index (χ3n) is 6.73. The number of fused-ring (bicyclic) bond motifs is 5. The van der Waals surface area contributed by atoms with Gasteiger partial charge in [0.25, 0.3) is 0 Å². The van der Waals surface area contributed by atoms with Gasteiger partial charge >= 0.3 is 0 Å². The van der Waals surface area contributed by atoms with Gasteiger partial charge in [0.15, 0.2) is 11.5 Å². The van der Waals surface area contributed by atoms with Gasteiger partial charge in [0.05, 0.1) is 19.9 Å². The average molecular weight is 464 g/mol. The number of hydrogen-bond donors (Lipinski definition) is 1. The second kappa shape index (κ2) is 9.02. The normalized spacial score (nSPS) is 19.1. The molecule has 0 bridgehead atoms. The molecule has 33 heavy (non-hydrogen) atoms. The van der Waals surface area contributed by atoms with Crippen LogP contribution in [-0.2, 0) is 17.8 Å². The average Bonchev–Trinajstić information content (AvgIpc) is 2.83. The zero-order chi connectivity index (χ0) is 22.9. The van der Waals surface area contributed by atoms with E-state index in [0.717, 1.165) is 35.2 Å². The summed E-state index contributed by atoms with van der Waals surface area (Å²) in [5.41, 5.74) is 4.93. The van der Waals surface area contributed by atoms with Crippen LogP contribution in [0.15, 0.2) is 42.6 Å². The summed E-state index contributed by atoms with van der Waals surface area (Å²) in [4.78, 5) is 22.1. The first-order valence-corrected chi connectivity index (χ1v) is 11.6. The summed E-state index contributed by atoms with van der Waals surface area (Å²) in [5.74, 6) is 2.86. The summed E-state index contributed by atoms with van der Waals surface area (Å²) in [6.07, 6.45) is 4.91. The van der Waals surface area contributed by atoms with Crippen molar-refractivity contribution in [3.8, 4) is 22.8 Å². The smallest absolute Gasteiger partial charge is 0.223 e. The number of ketones is 1. The zero-order valence-corrected chi connectivity index (χ0v) is 19.5. The molecule has 2 atom stereocenters. The number of benzene rings is 2. The SMILES string of the molecule is COc1ccc(CNc2ncc3c(n2)-c2ccc(Cl)cc2C2CCC2CC(=O)C3)cc1OC. The molecule has 1 N–H and O–H groups in total. The number of rotatable bonds is 5. The van der Waals surface area contributed by atoms with Gasteiger partial charge in [0, 0.05) is 41.7 Å². The molecule has 1 heterocycles. The third-order valence-corrected chi connectivity index (χ3v) is 6.96. The van der Waals surface area contributed by atoms with E-state index >= 15 is 0 Å². The molecular weight excluding hydrogens is 438 g/mol. The summed E-state index contributed by atoms with van der Waals surface area (Å²) < 4.78 is 10.7. The Morgan fingerprint density at radius 1 is 1.09 bits per heavy atom. The van der Waals surface area contributed by atoms with Crippen LogP contribution < -0.4 is 14.8 Å². The van der Waals surface area contributed by atoms with Gasteiger partial charge < -0.3 is 14.8 Å². The van der Waals surface area contributed by atoms with Crippen LogP contribution in [0.25, 0.3) is 11.3 Å². The van der Waals surface area contributed by atoms with Crippen LogP contribution in [0.2, 0.25) is 5.02 Å². The van der Waals surface area contributed by atoms with E-state index in [2.05, 4.69) is 10.3 Å². The highest BCUT2D eigenvalue weighted by molar-refractivity contribution is 6.30. The number of aromatic nitrogens is 2. The molecule has 2 aliphatic rings. The third kappa shape index (κ3) is 4.27. The number of halogens is 1. The maximum atomic E-state index is 12.7. The molecule has 1 saturated carbocycles. The molecule has 1 fully saturated rings. The molecule has 0 aliphatic heterocycles. The number of carbonyl (C=O) groups is 1. The van der Waals surface area contributed by atoms with E-state index in [4.69, 9.17) is 26.1 Å². The Kier molecular flexibility index (Phi) is 5.94. The molecule has 0 radical (unpaired) electrons. The van der Waals surface area contributed by atoms with Gasteiger partial charge in [-0.05, 0) is 60.1 Å². The molecule has 1 aromatic heterocycles. The van der Waals surface area contributed by atoms with E-state index in [-0.39, 0.29) is 5.78 Å². The lowest BCUT2D eigenvalue weighted by molar-refractivity contribution is -0.120. The minimum absolute atomic E-state index is 0.250. The predicted octanol–water partition coefficient (Wildman–Crippen LogP) is 5.44. The highest BCUT2D eigenvalue weighted by atomic mass is 35.5. The van der Waals surface area contributed by atoms with Crippen molar-refractivity contribution in [2.45, 2.75) is 38.1 Å². The monoisotopic (exact) mass is 463 g/mol. The molecule has 2 aromatic carbocycles. The number of carbonyl (C=O) groups excluding carboxylic acids is 1. The van der Waals surface area contributed by atoms with Crippen molar-refractivity contribution in [1.82, 2.24) is 9.97 Å². The van der Waals surface area contributed by atoms with Gasteiger partial charge in [-0.3, -0.25) is 4.79 Å². The molecule has 170 valence electrons. The van der Waals surface area contributed by atoms with Crippen molar-refractivity contribution in [2.75, 3.05) is 19.5 Å². The van der Waals surface area contributed by atoms with Gasteiger partial charge in [-0.15, -0.1) is 0 Å².